The summed E-state index contributed by atoms with van der Waals surface area (Å²) >= 11 is 4.93. The van der Waals surface area contributed by atoms with E-state index in [-0.39, 0.29) is 11.8 Å². The first kappa shape index (κ1) is 13.9. The van der Waals surface area contributed by atoms with Crippen LogP contribution in [-0.4, -0.2) is 23.9 Å². The molecule has 0 radical (unpaired) electrons. The van der Waals surface area contributed by atoms with Crippen LogP contribution >= 0.6 is 27.7 Å². The minimum absolute atomic E-state index is 0.200. The number of hydrogen-bond acceptors (Lipinski definition) is 3. The first-order valence-corrected chi connectivity index (χ1v) is 7.28. The minimum Gasteiger partial charge on any atom is -0.404 e. The number of anilines is 1. The normalized spacial score (nSPS) is 19.9. The first-order valence-electron chi connectivity index (χ1n) is 5.33. The zero-order valence-corrected chi connectivity index (χ0v) is 11.7. The van der Waals surface area contributed by atoms with Gasteiger partial charge in [0, 0.05) is 16.3 Å². The van der Waals surface area contributed by atoms with Crippen molar-refractivity contribution < 1.29 is 17.9 Å². The van der Waals surface area contributed by atoms with Gasteiger partial charge in [0.1, 0.15) is 0 Å². The maximum atomic E-state index is 12.3. The van der Waals surface area contributed by atoms with Crippen LogP contribution in [0.4, 0.5) is 18.9 Å². The molecule has 18 heavy (non-hydrogen) atoms. The van der Waals surface area contributed by atoms with Crippen molar-refractivity contribution >= 4 is 33.4 Å². The van der Waals surface area contributed by atoms with E-state index in [0.717, 1.165) is 17.9 Å². The van der Waals surface area contributed by atoms with Gasteiger partial charge in [0.2, 0.25) is 0 Å². The van der Waals surface area contributed by atoms with Crippen LogP contribution in [0.15, 0.2) is 22.7 Å². The average Bonchev–Trinajstić information content (AvgIpc) is 2.72. The van der Waals surface area contributed by atoms with Crippen LogP contribution in [-0.2, 0) is 0 Å². The number of halogens is 4. The number of ether oxygens (including phenoxy) is 1. The van der Waals surface area contributed by atoms with Crippen LogP contribution in [0.1, 0.15) is 6.42 Å². The zero-order chi connectivity index (χ0) is 13.2. The lowest BCUT2D eigenvalue weighted by atomic mass is 10.2. The largest absolute Gasteiger partial charge is 0.573 e. The molecular formula is C11H11BrF3NOS. The molecule has 0 amide bonds. The zero-order valence-electron chi connectivity index (χ0n) is 9.26. The van der Waals surface area contributed by atoms with Gasteiger partial charge < -0.3 is 10.1 Å². The lowest BCUT2D eigenvalue weighted by Crippen LogP contribution is -2.21. The second-order valence-corrected chi connectivity index (χ2v) is 5.96. The molecule has 1 aromatic carbocycles. The molecule has 1 saturated heterocycles. The Hall–Kier alpha value is -0.560. The van der Waals surface area contributed by atoms with E-state index in [9.17, 15) is 13.2 Å². The van der Waals surface area contributed by atoms with Crippen molar-refractivity contribution in [3.8, 4) is 5.75 Å². The Kier molecular flexibility index (Phi) is 4.32. The van der Waals surface area contributed by atoms with Crippen LogP contribution < -0.4 is 10.1 Å². The van der Waals surface area contributed by atoms with E-state index < -0.39 is 6.36 Å². The van der Waals surface area contributed by atoms with E-state index >= 15 is 0 Å². The predicted molar refractivity (Wildman–Crippen MR) is 70.2 cm³/mol. The fourth-order valence-electron chi connectivity index (χ4n) is 1.69. The highest BCUT2D eigenvalue weighted by Gasteiger charge is 2.32. The highest BCUT2D eigenvalue weighted by Crippen LogP contribution is 2.34. The Bertz CT molecular complexity index is 421. The van der Waals surface area contributed by atoms with E-state index in [0.29, 0.717) is 10.2 Å². The Morgan fingerprint density at radius 1 is 1.39 bits per heavy atom. The molecule has 2 rings (SSSR count). The molecule has 7 heteroatoms. The molecule has 1 unspecified atom stereocenters. The van der Waals surface area contributed by atoms with Gasteiger partial charge in [-0.05, 0) is 30.4 Å². The molecule has 1 N–H and O–H groups in total. The minimum atomic E-state index is -4.68. The second-order valence-electron chi connectivity index (χ2n) is 3.89. The van der Waals surface area contributed by atoms with Gasteiger partial charge in [0.25, 0.3) is 0 Å². The SMILES string of the molecule is FC(F)(F)Oc1cc(Br)ccc1NC1CCSC1. The van der Waals surface area contributed by atoms with Gasteiger partial charge >= 0.3 is 6.36 Å². The number of rotatable bonds is 3. The molecule has 0 spiro atoms. The maximum absolute atomic E-state index is 12.3. The molecule has 100 valence electrons. The molecule has 1 aliphatic rings. The van der Waals surface area contributed by atoms with Crippen LogP contribution in [0.25, 0.3) is 0 Å². The average molecular weight is 342 g/mol. The maximum Gasteiger partial charge on any atom is 0.573 e. The highest BCUT2D eigenvalue weighted by atomic mass is 79.9. The molecule has 0 aromatic heterocycles. The van der Waals surface area contributed by atoms with Crippen molar-refractivity contribution in [3.05, 3.63) is 22.7 Å². The van der Waals surface area contributed by atoms with E-state index in [1.807, 2.05) is 0 Å². The van der Waals surface area contributed by atoms with E-state index in [4.69, 9.17) is 0 Å². The molecule has 2 nitrogen and oxygen atoms in total. The summed E-state index contributed by atoms with van der Waals surface area (Å²) in [4.78, 5) is 0. The van der Waals surface area contributed by atoms with Crippen LogP contribution in [0.5, 0.6) is 5.75 Å². The molecule has 1 atom stereocenters. The third-order valence-corrected chi connectivity index (χ3v) is 4.11. The van der Waals surface area contributed by atoms with Crippen molar-refractivity contribution in [1.82, 2.24) is 0 Å². The van der Waals surface area contributed by atoms with Crippen molar-refractivity contribution in [1.29, 1.82) is 0 Å². The number of nitrogens with one attached hydrogen (secondary N) is 1. The molecule has 1 aliphatic heterocycles. The second kappa shape index (κ2) is 5.61. The fourth-order valence-corrected chi connectivity index (χ4v) is 3.19. The van der Waals surface area contributed by atoms with Gasteiger partial charge in [-0.15, -0.1) is 13.2 Å². The summed E-state index contributed by atoms with van der Waals surface area (Å²) in [7, 11) is 0. The van der Waals surface area contributed by atoms with Crippen molar-refractivity contribution in [2.45, 2.75) is 18.8 Å². The number of thioether (sulfide) groups is 1. The third-order valence-electron chi connectivity index (χ3n) is 2.46. The van der Waals surface area contributed by atoms with Crippen molar-refractivity contribution in [3.63, 3.8) is 0 Å². The lowest BCUT2D eigenvalue weighted by molar-refractivity contribution is -0.274. The summed E-state index contributed by atoms with van der Waals surface area (Å²) in [6, 6.07) is 4.80. The summed E-state index contributed by atoms with van der Waals surface area (Å²) in [5, 5.41) is 3.09. The molecule has 0 bridgehead atoms. The topological polar surface area (TPSA) is 21.3 Å². The molecule has 1 fully saturated rings. The summed E-state index contributed by atoms with van der Waals surface area (Å²) in [5.41, 5.74) is 0.378. The van der Waals surface area contributed by atoms with Crippen molar-refractivity contribution in [2.24, 2.45) is 0 Å². The molecule has 1 aromatic rings. The molecule has 0 aliphatic carbocycles. The van der Waals surface area contributed by atoms with Crippen LogP contribution in [0, 0.1) is 0 Å². The summed E-state index contributed by atoms with van der Waals surface area (Å²) < 4.78 is 41.5. The van der Waals surface area contributed by atoms with Gasteiger partial charge in [-0.25, -0.2) is 0 Å². The lowest BCUT2D eigenvalue weighted by Gasteiger charge is -2.18. The van der Waals surface area contributed by atoms with Gasteiger partial charge in [0.15, 0.2) is 5.75 Å². The standard InChI is InChI=1S/C11H11BrF3NOS/c12-7-1-2-9(16-8-3-4-18-6-8)10(5-7)17-11(13,14)15/h1-2,5,8,16H,3-4,6H2. The Morgan fingerprint density at radius 2 is 2.17 bits per heavy atom. The highest BCUT2D eigenvalue weighted by molar-refractivity contribution is 9.10. The third kappa shape index (κ3) is 3.98. The monoisotopic (exact) mass is 341 g/mol. The summed E-state index contributed by atoms with van der Waals surface area (Å²) in [6.07, 6.45) is -3.73. The van der Waals surface area contributed by atoms with Crippen molar-refractivity contribution in [2.75, 3.05) is 16.8 Å². The Morgan fingerprint density at radius 3 is 2.78 bits per heavy atom. The van der Waals surface area contributed by atoms with E-state index in [1.165, 1.54) is 6.07 Å². The van der Waals surface area contributed by atoms with E-state index in [1.54, 1.807) is 23.9 Å². The van der Waals surface area contributed by atoms with Crippen LogP contribution in [0.2, 0.25) is 0 Å². The number of alkyl halides is 3. The van der Waals surface area contributed by atoms with Gasteiger partial charge in [-0.2, -0.15) is 11.8 Å². The summed E-state index contributed by atoms with van der Waals surface area (Å²) in [5.74, 6) is 1.74. The molecular weight excluding hydrogens is 331 g/mol. The number of benzene rings is 1. The van der Waals surface area contributed by atoms with Gasteiger partial charge in [-0.1, -0.05) is 15.9 Å². The van der Waals surface area contributed by atoms with Gasteiger partial charge in [0.05, 0.1) is 5.69 Å². The Balaban J connectivity index is 2.16. The Labute approximate surface area is 115 Å². The predicted octanol–water partition coefficient (Wildman–Crippen LogP) is 4.27. The summed E-state index contributed by atoms with van der Waals surface area (Å²) in [6.45, 7) is 0. The molecule has 1 heterocycles. The van der Waals surface area contributed by atoms with Gasteiger partial charge in [-0.3, -0.25) is 0 Å². The quantitative estimate of drug-likeness (QED) is 0.887. The first-order chi connectivity index (χ1) is 8.44. The fraction of sp³-hybridized carbons (Fsp3) is 0.455. The number of hydrogen-bond donors (Lipinski definition) is 1. The van der Waals surface area contributed by atoms with Crippen LogP contribution in [0.3, 0.4) is 0 Å². The van der Waals surface area contributed by atoms with E-state index in [2.05, 4.69) is 26.0 Å². The molecule has 0 saturated carbocycles. The smallest absolute Gasteiger partial charge is 0.404 e.